The number of imidazole rings is 1. The number of carbonyl (C=O) groups excluding carboxylic acids is 1. The summed E-state index contributed by atoms with van der Waals surface area (Å²) < 4.78 is 2.06. The van der Waals surface area contributed by atoms with Crippen molar-refractivity contribution in [3.63, 3.8) is 0 Å². The molecule has 6 nitrogen and oxygen atoms in total. The van der Waals surface area contributed by atoms with Gasteiger partial charge in [-0.25, -0.2) is 4.98 Å². The van der Waals surface area contributed by atoms with Crippen molar-refractivity contribution in [3.8, 4) is 0 Å². The summed E-state index contributed by atoms with van der Waals surface area (Å²) in [4.78, 5) is 22.7. The Labute approximate surface area is 188 Å². The van der Waals surface area contributed by atoms with Gasteiger partial charge in [0.05, 0.1) is 5.69 Å². The fraction of sp³-hybridized carbons (Fsp3) is 0.231. The third-order valence-electron chi connectivity index (χ3n) is 5.98. The van der Waals surface area contributed by atoms with Crippen molar-refractivity contribution in [1.82, 2.24) is 19.2 Å². The quantitative estimate of drug-likeness (QED) is 0.510. The lowest BCUT2D eigenvalue weighted by Gasteiger charge is -2.38. The van der Waals surface area contributed by atoms with E-state index in [1.807, 2.05) is 85.1 Å². The zero-order valence-corrected chi connectivity index (χ0v) is 18.0. The van der Waals surface area contributed by atoms with Crippen molar-refractivity contribution in [2.24, 2.45) is 0 Å². The summed E-state index contributed by atoms with van der Waals surface area (Å²) in [5, 5.41) is 3.10. The molecule has 1 amide bonds. The number of aromatic nitrogens is 2. The normalized spacial score (nSPS) is 16.1. The average molecular weight is 426 g/mol. The zero-order valence-electron chi connectivity index (χ0n) is 18.0. The fourth-order valence-electron chi connectivity index (χ4n) is 4.37. The molecule has 1 N–H and O–H groups in total. The minimum atomic E-state index is -0.311. The minimum absolute atomic E-state index is 0.0104. The molecule has 1 saturated heterocycles. The van der Waals surface area contributed by atoms with Gasteiger partial charge in [-0.05, 0) is 29.8 Å². The Kier molecular flexibility index (Phi) is 5.96. The Morgan fingerprint density at radius 3 is 2.28 bits per heavy atom. The maximum Gasteiger partial charge on any atom is 0.246 e. The zero-order chi connectivity index (χ0) is 21.8. The first kappa shape index (κ1) is 20.4. The third kappa shape index (κ3) is 4.56. The van der Waals surface area contributed by atoms with Crippen molar-refractivity contribution in [2.45, 2.75) is 12.6 Å². The van der Waals surface area contributed by atoms with Gasteiger partial charge in [-0.15, -0.1) is 0 Å². The van der Waals surface area contributed by atoms with Crippen LogP contribution >= 0.6 is 0 Å². The van der Waals surface area contributed by atoms with Crippen LogP contribution in [0.2, 0.25) is 0 Å². The Morgan fingerprint density at radius 2 is 1.56 bits per heavy atom. The molecule has 2 aromatic heterocycles. The molecular weight excluding hydrogens is 398 g/mol. The molecule has 1 aliphatic heterocycles. The highest BCUT2D eigenvalue weighted by molar-refractivity contribution is 5.95. The number of benzene rings is 2. The fourth-order valence-corrected chi connectivity index (χ4v) is 4.37. The molecule has 0 saturated carbocycles. The number of hydrogen-bond donors (Lipinski definition) is 1. The van der Waals surface area contributed by atoms with Crippen LogP contribution in [0.3, 0.4) is 0 Å². The van der Waals surface area contributed by atoms with E-state index in [1.165, 1.54) is 0 Å². The second-order valence-electron chi connectivity index (χ2n) is 8.18. The standard InChI is InChI=1S/C26H27N5O/c32-26(28-22-11-5-2-6-12-22)25(21-9-3-1-4-10-21)30-17-15-29(16-18-30)19-23-20-31-14-8-7-13-24(31)27-23/h1-14,20,25H,15-19H2,(H,28,32). The van der Waals surface area contributed by atoms with E-state index in [2.05, 4.69) is 25.7 Å². The number of pyridine rings is 1. The first-order valence-corrected chi connectivity index (χ1v) is 11.1. The van der Waals surface area contributed by atoms with Crippen LogP contribution in [0.4, 0.5) is 5.69 Å². The topological polar surface area (TPSA) is 52.9 Å². The SMILES string of the molecule is O=C(Nc1ccccc1)C(c1ccccc1)N1CCN(Cc2cn3ccccc3n2)CC1. The van der Waals surface area contributed by atoms with Crippen LogP contribution in [0.1, 0.15) is 17.3 Å². The van der Waals surface area contributed by atoms with Gasteiger partial charge in [0.15, 0.2) is 0 Å². The lowest BCUT2D eigenvalue weighted by molar-refractivity contribution is -0.122. The van der Waals surface area contributed by atoms with Gasteiger partial charge < -0.3 is 9.72 Å². The second kappa shape index (κ2) is 9.34. The predicted octanol–water partition coefficient (Wildman–Crippen LogP) is 3.83. The number of hydrogen-bond acceptors (Lipinski definition) is 4. The Hall–Kier alpha value is -3.48. The number of para-hydroxylation sites is 1. The molecule has 1 fully saturated rings. The van der Waals surface area contributed by atoms with E-state index in [0.29, 0.717) is 0 Å². The van der Waals surface area contributed by atoms with E-state index < -0.39 is 0 Å². The van der Waals surface area contributed by atoms with E-state index in [1.54, 1.807) is 0 Å². The predicted molar refractivity (Wildman–Crippen MR) is 126 cm³/mol. The molecule has 1 unspecified atom stereocenters. The first-order valence-electron chi connectivity index (χ1n) is 11.1. The smallest absolute Gasteiger partial charge is 0.246 e. The number of anilines is 1. The molecule has 2 aromatic carbocycles. The van der Waals surface area contributed by atoms with E-state index in [9.17, 15) is 4.79 Å². The van der Waals surface area contributed by atoms with E-state index >= 15 is 0 Å². The Balaban J connectivity index is 1.27. The summed E-state index contributed by atoms with van der Waals surface area (Å²) in [5.74, 6) is 0.0104. The molecule has 1 aliphatic rings. The molecule has 1 atom stereocenters. The van der Waals surface area contributed by atoms with E-state index in [0.717, 1.165) is 55.3 Å². The largest absolute Gasteiger partial charge is 0.324 e. The molecule has 162 valence electrons. The van der Waals surface area contributed by atoms with Gasteiger partial charge in [0.1, 0.15) is 11.7 Å². The highest BCUT2D eigenvalue weighted by Crippen LogP contribution is 2.25. The minimum Gasteiger partial charge on any atom is -0.324 e. The monoisotopic (exact) mass is 425 g/mol. The molecule has 3 heterocycles. The van der Waals surface area contributed by atoms with Gasteiger partial charge >= 0.3 is 0 Å². The van der Waals surface area contributed by atoms with Crippen LogP contribution in [0.25, 0.3) is 5.65 Å². The van der Waals surface area contributed by atoms with Crippen molar-refractivity contribution >= 4 is 17.2 Å². The Morgan fingerprint density at radius 1 is 0.875 bits per heavy atom. The van der Waals surface area contributed by atoms with Gasteiger partial charge in [0, 0.05) is 50.8 Å². The molecule has 0 spiro atoms. The molecule has 0 bridgehead atoms. The molecule has 32 heavy (non-hydrogen) atoms. The van der Waals surface area contributed by atoms with Crippen LogP contribution in [0.5, 0.6) is 0 Å². The summed E-state index contributed by atoms with van der Waals surface area (Å²) in [7, 11) is 0. The summed E-state index contributed by atoms with van der Waals surface area (Å²) in [6.45, 7) is 4.28. The molecule has 0 aliphatic carbocycles. The average Bonchev–Trinajstić information content (AvgIpc) is 3.24. The van der Waals surface area contributed by atoms with Gasteiger partial charge in [0.25, 0.3) is 0 Å². The maximum absolute atomic E-state index is 13.3. The highest BCUT2D eigenvalue weighted by atomic mass is 16.2. The van der Waals surface area contributed by atoms with Gasteiger partial charge in [0.2, 0.25) is 5.91 Å². The van der Waals surface area contributed by atoms with Crippen molar-refractivity contribution in [3.05, 3.63) is 103 Å². The van der Waals surface area contributed by atoms with Crippen LogP contribution in [-0.2, 0) is 11.3 Å². The lowest BCUT2D eigenvalue weighted by Crippen LogP contribution is -2.49. The number of piperazine rings is 1. The Bertz CT molecular complexity index is 1130. The molecular formula is C26H27N5O. The summed E-state index contributed by atoms with van der Waals surface area (Å²) >= 11 is 0. The van der Waals surface area contributed by atoms with E-state index in [4.69, 9.17) is 4.98 Å². The van der Waals surface area contributed by atoms with Gasteiger partial charge in [-0.1, -0.05) is 54.6 Å². The summed E-state index contributed by atoms with van der Waals surface area (Å²) in [6.07, 6.45) is 4.13. The number of nitrogens with one attached hydrogen (secondary N) is 1. The van der Waals surface area contributed by atoms with Crippen LogP contribution in [-0.4, -0.2) is 51.3 Å². The van der Waals surface area contributed by atoms with Crippen molar-refractivity contribution in [2.75, 3.05) is 31.5 Å². The number of rotatable bonds is 6. The van der Waals surface area contributed by atoms with Crippen LogP contribution in [0.15, 0.2) is 91.3 Å². The number of amides is 1. The van der Waals surface area contributed by atoms with Crippen molar-refractivity contribution < 1.29 is 4.79 Å². The summed E-state index contributed by atoms with van der Waals surface area (Å²) in [5.41, 5.74) is 3.90. The van der Waals surface area contributed by atoms with Crippen molar-refractivity contribution in [1.29, 1.82) is 0 Å². The maximum atomic E-state index is 13.3. The number of carbonyl (C=O) groups is 1. The summed E-state index contributed by atoms with van der Waals surface area (Å²) in [6, 6.07) is 25.5. The molecule has 5 rings (SSSR count). The first-order chi connectivity index (χ1) is 15.8. The molecule has 4 aromatic rings. The van der Waals surface area contributed by atoms with Crippen LogP contribution < -0.4 is 5.32 Å². The van der Waals surface area contributed by atoms with Gasteiger partial charge in [-0.2, -0.15) is 0 Å². The lowest BCUT2D eigenvalue weighted by atomic mass is 10.0. The number of nitrogens with zero attached hydrogens (tertiary/aromatic N) is 4. The van der Waals surface area contributed by atoms with E-state index in [-0.39, 0.29) is 11.9 Å². The molecule has 0 radical (unpaired) electrons. The highest BCUT2D eigenvalue weighted by Gasteiger charge is 2.30. The van der Waals surface area contributed by atoms with Crippen LogP contribution in [0, 0.1) is 0 Å². The number of fused-ring (bicyclic) bond motifs is 1. The molecule has 6 heteroatoms. The third-order valence-corrected chi connectivity index (χ3v) is 5.98. The van der Waals surface area contributed by atoms with Gasteiger partial charge in [-0.3, -0.25) is 14.6 Å². The second-order valence-corrected chi connectivity index (χ2v) is 8.18.